The summed E-state index contributed by atoms with van der Waals surface area (Å²) < 4.78 is 47.5. The molecule has 0 saturated heterocycles. The van der Waals surface area contributed by atoms with Gasteiger partial charge in [-0.2, -0.15) is 8.42 Å². The van der Waals surface area contributed by atoms with Crippen molar-refractivity contribution in [2.75, 3.05) is 6.61 Å². The first-order valence-electron chi connectivity index (χ1n) is 10.2. The largest absolute Gasteiger partial charge is 0.464 e. The zero-order valence-corrected chi connectivity index (χ0v) is 19.5. The lowest BCUT2D eigenvalue weighted by atomic mass is 9.73. The fourth-order valence-corrected chi connectivity index (χ4v) is 3.32. The minimum atomic E-state index is -4.43. The summed E-state index contributed by atoms with van der Waals surface area (Å²) in [6.45, 7) is 12.2. The van der Waals surface area contributed by atoms with Crippen molar-refractivity contribution in [1.29, 1.82) is 0 Å². The third-order valence-corrected chi connectivity index (χ3v) is 6.30. The maximum atomic E-state index is 13.2. The van der Waals surface area contributed by atoms with E-state index in [0.29, 0.717) is 6.42 Å². The van der Waals surface area contributed by atoms with E-state index in [2.05, 4.69) is 13.2 Å². The van der Waals surface area contributed by atoms with E-state index in [4.69, 9.17) is 18.8 Å². The third-order valence-electron chi connectivity index (χ3n) is 5.15. The molecule has 178 valence electrons. The second-order valence-corrected chi connectivity index (χ2v) is 9.18. The molecule has 3 unspecified atom stereocenters. The van der Waals surface area contributed by atoms with Gasteiger partial charge in [-0.25, -0.2) is 9.59 Å². The van der Waals surface area contributed by atoms with Crippen LogP contribution in [-0.4, -0.2) is 54.9 Å². The normalized spacial score (nSPS) is 16.2. The molecule has 3 atom stereocenters. The molecule has 0 rings (SSSR count). The monoisotopic (exact) mass is 462 g/mol. The van der Waals surface area contributed by atoms with Gasteiger partial charge in [-0.3, -0.25) is 9.35 Å². The second kappa shape index (κ2) is 13.3. The van der Waals surface area contributed by atoms with Gasteiger partial charge in [0.2, 0.25) is 0 Å². The van der Waals surface area contributed by atoms with E-state index in [1.54, 1.807) is 0 Å². The van der Waals surface area contributed by atoms with Gasteiger partial charge in [0.05, 0.1) is 0 Å². The highest BCUT2D eigenvalue weighted by atomic mass is 32.2. The number of carbonyl (C=O) groups excluding carboxylic acids is 3. The van der Waals surface area contributed by atoms with Crippen LogP contribution in [0.25, 0.3) is 0 Å². The van der Waals surface area contributed by atoms with Crippen molar-refractivity contribution in [3.63, 3.8) is 0 Å². The highest BCUT2D eigenvalue weighted by Gasteiger charge is 2.53. The van der Waals surface area contributed by atoms with Gasteiger partial charge in [0, 0.05) is 12.2 Å². The molecule has 0 heterocycles. The summed E-state index contributed by atoms with van der Waals surface area (Å²) in [5.74, 6) is -2.48. The van der Waals surface area contributed by atoms with Gasteiger partial charge in [0.15, 0.2) is 0 Å². The Morgan fingerprint density at radius 1 is 0.968 bits per heavy atom. The van der Waals surface area contributed by atoms with Crippen molar-refractivity contribution < 1.29 is 41.6 Å². The zero-order valence-electron chi connectivity index (χ0n) is 18.7. The van der Waals surface area contributed by atoms with Gasteiger partial charge >= 0.3 is 17.9 Å². The van der Waals surface area contributed by atoms with Crippen LogP contribution in [-0.2, 0) is 38.7 Å². The van der Waals surface area contributed by atoms with E-state index in [-0.39, 0.29) is 6.42 Å². The summed E-state index contributed by atoms with van der Waals surface area (Å²) in [4.78, 5) is 36.9. The highest BCUT2D eigenvalue weighted by molar-refractivity contribution is 7.86. The Labute approximate surface area is 184 Å². The number of ether oxygens (including phenoxy) is 3. The number of carbonyl (C=O) groups is 3. The van der Waals surface area contributed by atoms with Crippen LogP contribution in [0, 0.1) is 5.41 Å². The molecule has 0 aromatic heterocycles. The molecule has 10 heteroatoms. The van der Waals surface area contributed by atoms with Crippen molar-refractivity contribution in [2.45, 2.75) is 77.3 Å². The minimum Gasteiger partial charge on any atom is -0.464 e. The van der Waals surface area contributed by atoms with Gasteiger partial charge in [-0.1, -0.05) is 45.8 Å². The highest BCUT2D eigenvalue weighted by Crippen LogP contribution is 2.39. The van der Waals surface area contributed by atoms with E-state index in [1.807, 2.05) is 6.92 Å². The Morgan fingerprint density at radius 3 is 1.84 bits per heavy atom. The van der Waals surface area contributed by atoms with Crippen molar-refractivity contribution in [2.24, 2.45) is 5.41 Å². The average molecular weight is 463 g/mol. The third kappa shape index (κ3) is 8.82. The topological polar surface area (TPSA) is 133 Å². The smallest absolute Gasteiger partial charge is 0.330 e. The SMILES string of the molecule is C=CC(=O)OC(C)C(CCCCCC)(C(=O)OCC(C)S(=O)(=O)O)C(C)OC(=O)C=C. The molecule has 0 aliphatic heterocycles. The van der Waals surface area contributed by atoms with Crippen LogP contribution in [0.15, 0.2) is 25.3 Å². The van der Waals surface area contributed by atoms with Crippen molar-refractivity contribution in [3.8, 4) is 0 Å². The van der Waals surface area contributed by atoms with Crippen molar-refractivity contribution in [1.82, 2.24) is 0 Å². The number of unbranched alkanes of at least 4 members (excludes halogenated alkanes) is 3. The summed E-state index contributed by atoms with van der Waals surface area (Å²) >= 11 is 0. The van der Waals surface area contributed by atoms with Crippen LogP contribution in [0.1, 0.15) is 59.8 Å². The Hall–Kier alpha value is -2.20. The molecule has 0 aliphatic carbocycles. The van der Waals surface area contributed by atoms with Crippen molar-refractivity contribution in [3.05, 3.63) is 25.3 Å². The first-order valence-corrected chi connectivity index (χ1v) is 11.7. The number of esters is 3. The first-order chi connectivity index (χ1) is 14.4. The fraction of sp³-hybridized carbons (Fsp3) is 0.667. The van der Waals surface area contributed by atoms with E-state index < -0.39 is 57.5 Å². The van der Waals surface area contributed by atoms with Crippen LogP contribution in [0.2, 0.25) is 0 Å². The fourth-order valence-electron chi connectivity index (χ4n) is 3.08. The first kappa shape index (κ1) is 28.8. The Morgan fingerprint density at radius 2 is 1.45 bits per heavy atom. The molecule has 0 bridgehead atoms. The quantitative estimate of drug-likeness (QED) is 0.128. The molecule has 0 aromatic rings. The number of rotatable bonds is 15. The van der Waals surface area contributed by atoms with Crippen molar-refractivity contribution >= 4 is 28.0 Å². The summed E-state index contributed by atoms with van der Waals surface area (Å²) in [6.07, 6.45) is 2.94. The minimum absolute atomic E-state index is 0.142. The van der Waals surface area contributed by atoms with Gasteiger partial charge in [0.1, 0.15) is 29.5 Å². The molecule has 0 aromatic carbocycles. The molecule has 1 N–H and O–H groups in total. The van der Waals surface area contributed by atoms with Gasteiger partial charge in [-0.05, 0) is 27.2 Å². The predicted molar refractivity (Wildman–Crippen MR) is 115 cm³/mol. The number of hydrogen-bond donors (Lipinski definition) is 1. The summed E-state index contributed by atoms with van der Waals surface area (Å²) in [5, 5.41) is -1.37. The molecule has 31 heavy (non-hydrogen) atoms. The van der Waals surface area contributed by atoms with E-state index in [0.717, 1.165) is 31.4 Å². The Balaban J connectivity index is 6.10. The maximum absolute atomic E-state index is 13.2. The summed E-state index contributed by atoms with van der Waals surface area (Å²) in [7, 11) is -4.43. The lowest BCUT2D eigenvalue weighted by molar-refractivity contribution is -0.187. The lowest BCUT2D eigenvalue weighted by Gasteiger charge is -2.40. The second-order valence-electron chi connectivity index (χ2n) is 7.34. The summed E-state index contributed by atoms with van der Waals surface area (Å²) in [6, 6.07) is 0. The maximum Gasteiger partial charge on any atom is 0.330 e. The molecule has 0 radical (unpaired) electrons. The predicted octanol–water partition coefficient (Wildman–Crippen LogP) is 3.00. The van der Waals surface area contributed by atoms with Gasteiger partial charge in [0.25, 0.3) is 10.1 Å². The van der Waals surface area contributed by atoms with Crippen LogP contribution < -0.4 is 0 Å². The molecule has 0 spiro atoms. The van der Waals surface area contributed by atoms with E-state index in [1.165, 1.54) is 20.8 Å². The van der Waals surface area contributed by atoms with E-state index >= 15 is 0 Å². The molecule has 0 amide bonds. The average Bonchev–Trinajstić information content (AvgIpc) is 2.70. The molecular weight excluding hydrogens is 428 g/mol. The lowest BCUT2D eigenvalue weighted by Crippen LogP contribution is -2.53. The van der Waals surface area contributed by atoms with Crippen LogP contribution >= 0.6 is 0 Å². The van der Waals surface area contributed by atoms with Crippen LogP contribution in [0.5, 0.6) is 0 Å². The zero-order chi connectivity index (χ0) is 24.2. The number of hydrogen-bond acceptors (Lipinski definition) is 8. The van der Waals surface area contributed by atoms with E-state index in [9.17, 15) is 22.8 Å². The van der Waals surface area contributed by atoms with Crippen LogP contribution in [0.4, 0.5) is 0 Å². The van der Waals surface area contributed by atoms with Gasteiger partial charge in [-0.15, -0.1) is 0 Å². The molecule has 0 aliphatic rings. The van der Waals surface area contributed by atoms with Crippen LogP contribution in [0.3, 0.4) is 0 Å². The molecule has 9 nitrogen and oxygen atoms in total. The molecule has 0 fully saturated rings. The molecular formula is C21H34O9S. The Bertz CT molecular complexity index is 714. The standard InChI is InChI=1S/C21H34O9S/c1-7-10-11-12-13-21(16(5)29-18(22)8-2,17(6)30-19(23)9-3)20(24)28-14-15(4)31(25,26)27/h8-9,15-17H,2-3,7,10-14H2,1,4-6H3,(H,25,26,27). The Kier molecular flexibility index (Phi) is 12.3. The molecule has 0 saturated carbocycles. The van der Waals surface area contributed by atoms with Gasteiger partial charge < -0.3 is 14.2 Å². The summed E-state index contributed by atoms with van der Waals surface area (Å²) in [5.41, 5.74) is -1.62.